The Kier molecular flexibility index (Phi) is 7.24. The maximum Gasteiger partial charge on any atom is 0.321 e. The van der Waals surface area contributed by atoms with Crippen molar-refractivity contribution in [1.82, 2.24) is 10.6 Å². The topological polar surface area (TPSA) is 84.5 Å². The summed E-state index contributed by atoms with van der Waals surface area (Å²) in [6.07, 6.45) is -1.03. The number of ether oxygens (including phenoxy) is 1. The van der Waals surface area contributed by atoms with E-state index in [0.29, 0.717) is 0 Å². The van der Waals surface area contributed by atoms with Crippen LogP contribution in [0.1, 0.15) is 6.92 Å². The van der Waals surface area contributed by atoms with Crippen molar-refractivity contribution in [3.05, 3.63) is 28.7 Å². The molecule has 0 aliphatic rings. The number of hydrogen-bond donors (Lipinski definition) is 2. The van der Waals surface area contributed by atoms with Crippen LogP contribution in [0, 0.1) is 0 Å². The predicted molar refractivity (Wildman–Crippen MR) is 83.0 cm³/mol. The molecule has 0 spiro atoms. The first-order chi connectivity index (χ1) is 9.92. The molecule has 0 fully saturated rings. The average molecular weight is 375 g/mol. The number of amides is 3. The van der Waals surface area contributed by atoms with Crippen molar-refractivity contribution in [3.8, 4) is 0 Å². The van der Waals surface area contributed by atoms with E-state index in [4.69, 9.17) is 4.74 Å². The van der Waals surface area contributed by atoms with Gasteiger partial charge in [0.05, 0.1) is 5.75 Å². The van der Waals surface area contributed by atoms with Gasteiger partial charge in [0.15, 0.2) is 6.10 Å². The number of rotatable bonds is 5. The van der Waals surface area contributed by atoms with E-state index in [1.165, 1.54) is 25.7 Å². The van der Waals surface area contributed by atoms with Crippen LogP contribution in [0.3, 0.4) is 0 Å². The lowest BCUT2D eigenvalue weighted by Gasteiger charge is -2.12. The molecule has 0 radical (unpaired) electrons. The van der Waals surface area contributed by atoms with Gasteiger partial charge >= 0.3 is 12.0 Å². The minimum Gasteiger partial charge on any atom is -0.452 e. The number of esters is 1. The lowest BCUT2D eigenvalue weighted by Crippen LogP contribution is -2.43. The quantitative estimate of drug-likeness (QED) is 0.607. The van der Waals surface area contributed by atoms with Crippen LogP contribution >= 0.6 is 27.7 Å². The number of imide groups is 1. The first-order valence-electron chi connectivity index (χ1n) is 6.02. The van der Waals surface area contributed by atoms with Gasteiger partial charge in [0, 0.05) is 16.4 Å². The SMILES string of the molecule is CNC(=O)NC(=O)C(C)OC(=O)CSc1ccc(Br)cc1. The van der Waals surface area contributed by atoms with Crippen molar-refractivity contribution >= 4 is 45.6 Å². The Labute approximate surface area is 135 Å². The highest BCUT2D eigenvalue weighted by Gasteiger charge is 2.19. The first kappa shape index (κ1) is 17.5. The van der Waals surface area contributed by atoms with E-state index >= 15 is 0 Å². The summed E-state index contributed by atoms with van der Waals surface area (Å²) in [5, 5.41) is 4.27. The number of carbonyl (C=O) groups excluding carboxylic acids is 3. The van der Waals surface area contributed by atoms with Gasteiger partial charge in [0.1, 0.15) is 0 Å². The van der Waals surface area contributed by atoms with Gasteiger partial charge in [-0.2, -0.15) is 0 Å². The van der Waals surface area contributed by atoms with Crippen LogP contribution in [0.2, 0.25) is 0 Å². The molecule has 1 unspecified atom stereocenters. The molecule has 1 aromatic carbocycles. The summed E-state index contributed by atoms with van der Waals surface area (Å²) in [6, 6.07) is 6.82. The molecule has 0 aliphatic heterocycles. The second-order valence-electron chi connectivity index (χ2n) is 3.94. The molecule has 1 rings (SSSR count). The maximum absolute atomic E-state index is 11.6. The van der Waals surface area contributed by atoms with Crippen molar-refractivity contribution in [1.29, 1.82) is 0 Å². The highest BCUT2D eigenvalue weighted by atomic mass is 79.9. The zero-order chi connectivity index (χ0) is 15.8. The largest absolute Gasteiger partial charge is 0.452 e. The second-order valence-corrected chi connectivity index (χ2v) is 5.91. The molecule has 114 valence electrons. The maximum atomic E-state index is 11.6. The van der Waals surface area contributed by atoms with Gasteiger partial charge in [0.2, 0.25) is 0 Å². The first-order valence-corrected chi connectivity index (χ1v) is 7.80. The van der Waals surface area contributed by atoms with Crippen molar-refractivity contribution in [3.63, 3.8) is 0 Å². The van der Waals surface area contributed by atoms with Crippen LogP contribution in [0.4, 0.5) is 4.79 Å². The van der Waals surface area contributed by atoms with E-state index in [2.05, 4.69) is 21.2 Å². The van der Waals surface area contributed by atoms with Gasteiger partial charge in [0.25, 0.3) is 5.91 Å². The van der Waals surface area contributed by atoms with E-state index < -0.39 is 24.0 Å². The van der Waals surface area contributed by atoms with E-state index in [1.54, 1.807) is 0 Å². The third-order valence-corrected chi connectivity index (χ3v) is 3.83. The fourth-order valence-electron chi connectivity index (χ4n) is 1.23. The smallest absolute Gasteiger partial charge is 0.321 e. The molecule has 3 amide bonds. The molecule has 0 heterocycles. The highest BCUT2D eigenvalue weighted by molar-refractivity contribution is 9.10. The van der Waals surface area contributed by atoms with Crippen LogP contribution in [0.15, 0.2) is 33.6 Å². The summed E-state index contributed by atoms with van der Waals surface area (Å²) in [4.78, 5) is 35.0. The summed E-state index contributed by atoms with van der Waals surface area (Å²) in [6.45, 7) is 1.40. The number of thioether (sulfide) groups is 1. The molecule has 6 nitrogen and oxygen atoms in total. The van der Waals surface area contributed by atoms with Crippen LogP contribution in [0.25, 0.3) is 0 Å². The second kappa shape index (κ2) is 8.68. The molecule has 0 aromatic heterocycles. The van der Waals surface area contributed by atoms with Gasteiger partial charge < -0.3 is 10.1 Å². The average Bonchev–Trinajstić information content (AvgIpc) is 2.46. The number of urea groups is 1. The van der Waals surface area contributed by atoms with Gasteiger partial charge in [-0.25, -0.2) is 4.79 Å². The van der Waals surface area contributed by atoms with Gasteiger partial charge in [-0.05, 0) is 31.2 Å². The molecular weight excluding hydrogens is 360 g/mol. The third kappa shape index (κ3) is 6.63. The van der Waals surface area contributed by atoms with Gasteiger partial charge in [-0.1, -0.05) is 15.9 Å². The Morgan fingerprint density at radius 1 is 1.29 bits per heavy atom. The molecule has 0 aliphatic carbocycles. The Morgan fingerprint density at radius 3 is 2.48 bits per heavy atom. The van der Waals surface area contributed by atoms with Crippen molar-refractivity contribution in [2.45, 2.75) is 17.9 Å². The fourth-order valence-corrected chi connectivity index (χ4v) is 2.18. The summed E-state index contributed by atoms with van der Waals surface area (Å²) in [5.74, 6) is -1.11. The van der Waals surface area contributed by atoms with E-state index in [0.717, 1.165) is 9.37 Å². The number of halogens is 1. The zero-order valence-electron chi connectivity index (χ0n) is 11.5. The van der Waals surface area contributed by atoms with Crippen LogP contribution < -0.4 is 10.6 Å². The number of benzene rings is 1. The fraction of sp³-hybridized carbons (Fsp3) is 0.308. The Balaban J connectivity index is 2.37. The summed E-state index contributed by atoms with van der Waals surface area (Å²) < 4.78 is 5.89. The molecule has 0 saturated heterocycles. The molecule has 0 bridgehead atoms. The van der Waals surface area contributed by atoms with E-state index in [-0.39, 0.29) is 5.75 Å². The standard InChI is InChI=1S/C13H15BrN2O4S/c1-8(12(18)16-13(19)15-2)20-11(17)7-21-10-5-3-9(14)4-6-10/h3-6,8H,7H2,1-2H3,(H2,15,16,18,19). The molecule has 8 heteroatoms. The molecule has 2 N–H and O–H groups in total. The number of nitrogens with one attached hydrogen (secondary N) is 2. The monoisotopic (exact) mass is 374 g/mol. The minimum atomic E-state index is -1.03. The molecular formula is C13H15BrN2O4S. The van der Waals surface area contributed by atoms with Crippen molar-refractivity contribution in [2.75, 3.05) is 12.8 Å². The normalized spacial score (nSPS) is 11.4. The van der Waals surface area contributed by atoms with Crippen LogP contribution in [-0.4, -0.2) is 36.8 Å². The molecule has 21 heavy (non-hydrogen) atoms. The summed E-state index contributed by atoms with van der Waals surface area (Å²) >= 11 is 4.62. The Morgan fingerprint density at radius 2 is 1.90 bits per heavy atom. The third-order valence-electron chi connectivity index (χ3n) is 2.31. The van der Waals surface area contributed by atoms with Crippen molar-refractivity contribution in [2.24, 2.45) is 0 Å². The molecule has 0 saturated carbocycles. The van der Waals surface area contributed by atoms with Gasteiger partial charge in [-0.15, -0.1) is 11.8 Å². The lowest BCUT2D eigenvalue weighted by molar-refractivity contribution is -0.151. The number of carbonyl (C=O) groups is 3. The van der Waals surface area contributed by atoms with Crippen LogP contribution in [-0.2, 0) is 14.3 Å². The van der Waals surface area contributed by atoms with E-state index in [9.17, 15) is 14.4 Å². The van der Waals surface area contributed by atoms with Crippen molar-refractivity contribution < 1.29 is 19.1 Å². The molecule has 1 atom stereocenters. The summed E-state index contributed by atoms with van der Waals surface area (Å²) in [7, 11) is 1.38. The Bertz CT molecular complexity index is 521. The number of hydrogen-bond acceptors (Lipinski definition) is 5. The summed E-state index contributed by atoms with van der Waals surface area (Å²) in [5.41, 5.74) is 0. The highest BCUT2D eigenvalue weighted by Crippen LogP contribution is 2.20. The van der Waals surface area contributed by atoms with E-state index in [1.807, 2.05) is 29.6 Å². The Hall–Kier alpha value is -1.54. The zero-order valence-corrected chi connectivity index (χ0v) is 13.9. The minimum absolute atomic E-state index is 0.0826. The van der Waals surface area contributed by atoms with Crippen LogP contribution in [0.5, 0.6) is 0 Å². The molecule has 1 aromatic rings. The van der Waals surface area contributed by atoms with Gasteiger partial charge in [-0.3, -0.25) is 14.9 Å². The lowest BCUT2D eigenvalue weighted by atomic mass is 10.4. The predicted octanol–water partition coefficient (Wildman–Crippen LogP) is 1.93.